The maximum Gasteiger partial charge on any atom is 0.256 e. The second kappa shape index (κ2) is 7.99. The molecular weight excluding hydrogens is 369 g/mol. The first kappa shape index (κ1) is 20.1. The zero-order chi connectivity index (χ0) is 17.3. The van der Waals surface area contributed by atoms with Gasteiger partial charge < -0.3 is 10.6 Å². The number of rotatable bonds is 4. The Morgan fingerprint density at radius 1 is 1.24 bits per heavy atom. The molecule has 0 saturated carbocycles. The van der Waals surface area contributed by atoms with Gasteiger partial charge in [0, 0.05) is 26.2 Å². The maximum absolute atomic E-state index is 14.4. The number of sulfonamides is 1. The molecule has 0 aliphatic carbocycles. The van der Waals surface area contributed by atoms with Crippen LogP contribution in [-0.4, -0.2) is 56.3 Å². The summed E-state index contributed by atoms with van der Waals surface area (Å²) >= 11 is 0. The van der Waals surface area contributed by atoms with E-state index in [1.165, 1.54) is 16.4 Å². The van der Waals surface area contributed by atoms with Crippen molar-refractivity contribution < 1.29 is 17.6 Å². The molecule has 0 bridgehead atoms. The lowest BCUT2D eigenvalue weighted by Gasteiger charge is -2.18. The molecule has 2 heterocycles. The van der Waals surface area contributed by atoms with E-state index in [2.05, 4.69) is 0 Å². The van der Waals surface area contributed by atoms with Crippen LogP contribution < -0.4 is 5.73 Å². The highest BCUT2D eigenvalue weighted by atomic mass is 35.5. The number of amides is 1. The fourth-order valence-electron chi connectivity index (χ4n) is 3.28. The maximum atomic E-state index is 14.4. The Hall–Kier alpha value is -1.22. The molecule has 140 valence electrons. The summed E-state index contributed by atoms with van der Waals surface area (Å²) in [5, 5.41) is 0. The van der Waals surface area contributed by atoms with Gasteiger partial charge in [0.15, 0.2) is 0 Å². The summed E-state index contributed by atoms with van der Waals surface area (Å²) in [6.07, 6.45) is 2.54. The van der Waals surface area contributed by atoms with E-state index in [0.717, 1.165) is 18.9 Å². The van der Waals surface area contributed by atoms with Crippen molar-refractivity contribution in [3.8, 4) is 0 Å². The van der Waals surface area contributed by atoms with E-state index in [-0.39, 0.29) is 34.7 Å². The third-order valence-electron chi connectivity index (χ3n) is 4.78. The fourth-order valence-corrected chi connectivity index (χ4v) is 4.82. The number of carbonyl (C=O) groups is 1. The standard InChI is InChI=1S/C16H22FN3O3S.ClH/c17-15-9-13(24(22,23)20-8-5-12(10-18)11-20)3-4-14(15)16(21)19-6-1-2-7-19;/h3-4,9,12H,1-2,5-8,10-11,18H2;1H. The minimum atomic E-state index is -3.75. The molecule has 1 aromatic carbocycles. The van der Waals surface area contributed by atoms with E-state index in [1.54, 1.807) is 4.90 Å². The molecule has 1 amide bonds. The molecule has 0 aromatic heterocycles. The number of nitrogens with two attached hydrogens (primary N) is 1. The molecule has 9 heteroatoms. The normalized spacial score (nSPS) is 21.4. The molecule has 0 spiro atoms. The lowest BCUT2D eigenvalue weighted by atomic mass is 10.1. The van der Waals surface area contributed by atoms with Crippen LogP contribution in [0.5, 0.6) is 0 Å². The van der Waals surface area contributed by atoms with Gasteiger partial charge in [-0.1, -0.05) is 0 Å². The van der Waals surface area contributed by atoms with Crippen molar-refractivity contribution in [2.45, 2.75) is 24.2 Å². The highest BCUT2D eigenvalue weighted by Gasteiger charge is 2.33. The fraction of sp³-hybridized carbons (Fsp3) is 0.562. The van der Waals surface area contributed by atoms with Crippen LogP contribution in [0.15, 0.2) is 23.1 Å². The summed E-state index contributed by atoms with van der Waals surface area (Å²) in [5.74, 6) is -1.03. The van der Waals surface area contributed by atoms with E-state index in [9.17, 15) is 17.6 Å². The summed E-state index contributed by atoms with van der Waals surface area (Å²) in [5.41, 5.74) is 5.52. The monoisotopic (exact) mass is 391 g/mol. The van der Waals surface area contributed by atoms with Crippen molar-refractivity contribution in [2.24, 2.45) is 11.7 Å². The third-order valence-corrected chi connectivity index (χ3v) is 6.65. The Morgan fingerprint density at radius 3 is 2.48 bits per heavy atom. The van der Waals surface area contributed by atoms with Crippen LogP contribution in [0, 0.1) is 11.7 Å². The van der Waals surface area contributed by atoms with Crippen LogP contribution in [0.1, 0.15) is 29.6 Å². The summed E-state index contributed by atoms with van der Waals surface area (Å²) in [6.45, 7) is 2.41. The van der Waals surface area contributed by atoms with Crippen molar-refractivity contribution in [3.63, 3.8) is 0 Å². The van der Waals surface area contributed by atoms with E-state index in [0.29, 0.717) is 39.1 Å². The predicted octanol–water partition coefficient (Wildman–Crippen LogP) is 1.45. The summed E-state index contributed by atoms with van der Waals surface area (Å²) in [4.78, 5) is 13.8. The largest absolute Gasteiger partial charge is 0.339 e. The van der Waals surface area contributed by atoms with Crippen LogP contribution in [0.4, 0.5) is 4.39 Å². The minimum Gasteiger partial charge on any atom is -0.339 e. The lowest BCUT2D eigenvalue weighted by Crippen LogP contribution is -2.31. The number of benzene rings is 1. The number of hydrogen-bond acceptors (Lipinski definition) is 4. The molecule has 1 unspecified atom stereocenters. The van der Waals surface area contributed by atoms with Gasteiger partial charge >= 0.3 is 0 Å². The van der Waals surface area contributed by atoms with E-state index in [4.69, 9.17) is 5.73 Å². The Morgan fingerprint density at radius 2 is 1.92 bits per heavy atom. The number of carbonyl (C=O) groups excluding carboxylic acids is 1. The zero-order valence-electron chi connectivity index (χ0n) is 13.9. The van der Waals surface area contributed by atoms with Crippen LogP contribution in [0.2, 0.25) is 0 Å². The molecular formula is C16H23ClFN3O3S. The Bertz CT molecular complexity index is 738. The van der Waals surface area contributed by atoms with Crippen molar-refractivity contribution >= 4 is 28.3 Å². The number of hydrogen-bond donors (Lipinski definition) is 1. The molecule has 25 heavy (non-hydrogen) atoms. The van der Waals surface area contributed by atoms with Gasteiger partial charge in [-0.2, -0.15) is 4.31 Å². The van der Waals surface area contributed by atoms with Gasteiger partial charge in [0.25, 0.3) is 5.91 Å². The molecule has 1 aromatic rings. The number of likely N-dealkylation sites (tertiary alicyclic amines) is 1. The van der Waals surface area contributed by atoms with E-state index in [1.807, 2.05) is 0 Å². The van der Waals surface area contributed by atoms with Crippen LogP contribution in [0.25, 0.3) is 0 Å². The summed E-state index contributed by atoms with van der Waals surface area (Å²) in [6, 6.07) is 3.55. The highest BCUT2D eigenvalue weighted by molar-refractivity contribution is 7.89. The molecule has 6 nitrogen and oxygen atoms in total. The molecule has 2 fully saturated rings. The topological polar surface area (TPSA) is 83.7 Å². The zero-order valence-corrected chi connectivity index (χ0v) is 15.5. The van der Waals surface area contributed by atoms with Gasteiger partial charge in [0.2, 0.25) is 10.0 Å². The summed E-state index contributed by atoms with van der Waals surface area (Å²) in [7, 11) is -3.75. The van der Waals surface area contributed by atoms with Crippen LogP contribution in [-0.2, 0) is 10.0 Å². The van der Waals surface area contributed by atoms with Gasteiger partial charge in [-0.3, -0.25) is 4.79 Å². The molecule has 2 aliphatic rings. The van der Waals surface area contributed by atoms with E-state index < -0.39 is 15.8 Å². The first-order valence-corrected chi connectivity index (χ1v) is 9.66. The SMILES string of the molecule is Cl.NCC1CCN(S(=O)(=O)c2ccc(C(=O)N3CCCC3)c(F)c2)C1. The quantitative estimate of drug-likeness (QED) is 0.842. The summed E-state index contributed by atoms with van der Waals surface area (Å²) < 4.78 is 40.9. The molecule has 2 saturated heterocycles. The lowest BCUT2D eigenvalue weighted by molar-refractivity contribution is 0.0788. The third kappa shape index (κ3) is 3.97. The molecule has 1 atom stereocenters. The number of nitrogens with zero attached hydrogens (tertiary/aromatic N) is 2. The Labute approximate surface area is 153 Å². The van der Waals surface area contributed by atoms with Crippen LogP contribution in [0.3, 0.4) is 0 Å². The second-order valence-corrected chi connectivity index (χ2v) is 8.33. The minimum absolute atomic E-state index is 0. The van der Waals surface area contributed by atoms with Gasteiger partial charge in [-0.25, -0.2) is 12.8 Å². The van der Waals surface area contributed by atoms with Gasteiger partial charge in [-0.05, 0) is 49.9 Å². The average molecular weight is 392 g/mol. The molecule has 2 aliphatic heterocycles. The molecule has 0 radical (unpaired) electrons. The Kier molecular flexibility index (Phi) is 6.42. The van der Waals surface area contributed by atoms with Gasteiger partial charge in [0.1, 0.15) is 5.82 Å². The van der Waals surface area contributed by atoms with Crippen LogP contribution >= 0.6 is 12.4 Å². The number of halogens is 2. The highest BCUT2D eigenvalue weighted by Crippen LogP contribution is 2.25. The van der Waals surface area contributed by atoms with Crippen molar-refractivity contribution in [1.82, 2.24) is 9.21 Å². The predicted molar refractivity (Wildman–Crippen MR) is 94.7 cm³/mol. The van der Waals surface area contributed by atoms with Crippen molar-refractivity contribution in [3.05, 3.63) is 29.6 Å². The first-order valence-electron chi connectivity index (χ1n) is 8.22. The van der Waals surface area contributed by atoms with Crippen molar-refractivity contribution in [1.29, 1.82) is 0 Å². The average Bonchev–Trinajstić information content (AvgIpc) is 3.25. The van der Waals surface area contributed by atoms with Gasteiger partial charge in [-0.15, -0.1) is 12.4 Å². The van der Waals surface area contributed by atoms with Gasteiger partial charge in [0.05, 0.1) is 10.5 Å². The Balaban J connectivity index is 0.00000225. The molecule has 2 N–H and O–H groups in total. The van der Waals surface area contributed by atoms with E-state index >= 15 is 0 Å². The second-order valence-electron chi connectivity index (χ2n) is 6.39. The van der Waals surface area contributed by atoms with Crippen molar-refractivity contribution in [2.75, 3.05) is 32.7 Å². The first-order chi connectivity index (χ1) is 11.4. The smallest absolute Gasteiger partial charge is 0.256 e. The molecule has 3 rings (SSSR count).